The SMILES string of the molecule is CCCC1=NCCO1.COc1ccccc1C. The Bertz CT molecular complexity index is 361. The van der Waals surface area contributed by atoms with Crippen molar-refractivity contribution in [2.24, 2.45) is 4.99 Å². The minimum absolute atomic E-state index is 0.801. The normalized spacial score (nSPS) is 13.2. The highest BCUT2D eigenvalue weighted by Gasteiger charge is 2.03. The number of ether oxygens (including phenoxy) is 2. The van der Waals surface area contributed by atoms with Crippen LogP contribution in [-0.4, -0.2) is 26.2 Å². The Morgan fingerprint density at radius 2 is 2.12 bits per heavy atom. The molecule has 1 aromatic rings. The molecule has 3 nitrogen and oxygen atoms in total. The van der Waals surface area contributed by atoms with E-state index in [-0.39, 0.29) is 0 Å². The van der Waals surface area contributed by atoms with Gasteiger partial charge < -0.3 is 9.47 Å². The Hall–Kier alpha value is -1.51. The molecule has 0 bridgehead atoms. The van der Waals surface area contributed by atoms with Crippen molar-refractivity contribution in [2.75, 3.05) is 20.3 Å². The second kappa shape index (κ2) is 7.71. The van der Waals surface area contributed by atoms with Crippen molar-refractivity contribution < 1.29 is 9.47 Å². The van der Waals surface area contributed by atoms with Crippen LogP contribution in [0.5, 0.6) is 5.75 Å². The lowest BCUT2D eigenvalue weighted by Gasteiger charge is -2.00. The van der Waals surface area contributed by atoms with Gasteiger partial charge in [-0.25, -0.2) is 0 Å². The van der Waals surface area contributed by atoms with Gasteiger partial charge in [-0.15, -0.1) is 0 Å². The molecule has 17 heavy (non-hydrogen) atoms. The highest BCUT2D eigenvalue weighted by Crippen LogP contribution is 2.14. The monoisotopic (exact) mass is 235 g/mol. The van der Waals surface area contributed by atoms with Gasteiger partial charge in [-0.2, -0.15) is 0 Å². The highest BCUT2D eigenvalue weighted by molar-refractivity contribution is 5.77. The van der Waals surface area contributed by atoms with E-state index in [0.29, 0.717) is 0 Å². The number of nitrogens with zero attached hydrogens (tertiary/aromatic N) is 1. The second-order valence-corrected chi connectivity index (χ2v) is 3.84. The Morgan fingerprint density at radius 3 is 2.59 bits per heavy atom. The summed E-state index contributed by atoms with van der Waals surface area (Å²) >= 11 is 0. The summed E-state index contributed by atoms with van der Waals surface area (Å²) in [6, 6.07) is 7.94. The lowest BCUT2D eigenvalue weighted by atomic mass is 10.2. The molecule has 1 heterocycles. The summed E-state index contributed by atoms with van der Waals surface area (Å²) in [6.45, 7) is 5.83. The molecular weight excluding hydrogens is 214 g/mol. The van der Waals surface area contributed by atoms with Gasteiger partial charge >= 0.3 is 0 Å². The lowest BCUT2D eigenvalue weighted by molar-refractivity contribution is 0.338. The number of para-hydroxylation sites is 1. The number of rotatable bonds is 3. The molecule has 1 aliphatic heterocycles. The molecule has 1 aromatic carbocycles. The number of aliphatic imine (C=N–C) groups is 1. The highest BCUT2D eigenvalue weighted by atomic mass is 16.5. The summed E-state index contributed by atoms with van der Waals surface area (Å²) in [5, 5.41) is 0. The third-order valence-electron chi connectivity index (χ3n) is 2.43. The molecule has 94 valence electrons. The first-order chi connectivity index (χ1) is 8.27. The Kier molecular flexibility index (Phi) is 6.15. The molecule has 0 saturated carbocycles. The van der Waals surface area contributed by atoms with E-state index in [0.717, 1.165) is 37.6 Å². The van der Waals surface area contributed by atoms with Crippen LogP contribution in [0.4, 0.5) is 0 Å². The van der Waals surface area contributed by atoms with E-state index in [4.69, 9.17) is 9.47 Å². The molecule has 1 aliphatic rings. The Morgan fingerprint density at radius 1 is 1.35 bits per heavy atom. The quantitative estimate of drug-likeness (QED) is 0.805. The average Bonchev–Trinajstić information content (AvgIpc) is 2.84. The van der Waals surface area contributed by atoms with Crippen LogP contribution in [-0.2, 0) is 4.74 Å². The first-order valence-corrected chi connectivity index (χ1v) is 6.03. The third-order valence-corrected chi connectivity index (χ3v) is 2.43. The Balaban J connectivity index is 0.000000171. The maximum Gasteiger partial charge on any atom is 0.183 e. The van der Waals surface area contributed by atoms with Crippen molar-refractivity contribution in [3.8, 4) is 5.75 Å². The predicted octanol–water partition coefficient (Wildman–Crippen LogP) is 3.22. The summed E-state index contributed by atoms with van der Waals surface area (Å²) in [5.41, 5.74) is 1.18. The number of hydrogen-bond donors (Lipinski definition) is 0. The number of methoxy groups -OCH3 is 1. The summed E-state index contributed by atoms with van der Waals surface area (Å²) < 4.78 is 10.2. The number of hydrogen-bond acceptors (Lipinski definition) is 3. The van der Waals surface area contributed by atoms with Gasteiger partial charge in [-0.3, -0.25) is 4.99 Å². The first-order valence-electron chi connectivity index (χ1n) is 6.03. The van der Waals surface area contributed by atoms with E-state index < -0.39 is 0 Å². The maximum atomic E-state index is 5.14. The van der Waals surface area contributed by atoms with Gasteiger partial charge in [-0.1, -0.05) is 25.1 Å². The van der Waals surface area contributed by atoms with Gasteiger partial charge in [0, 0.05) is 6.42 Å². The summed E-state index contributed by atoms with van der Waals surface area (Å²) in [7, 11) is 1.68. The van der Waals surface area contributed by atoms with Crippen molar-refractivity contribution in [1.82, 2.24) is 0 Å². The molecule has 0 aromatic heterocycles. The topological polar surface area (TPSA) is 30.8 Å². The molecule has 0 N–H and O–H groups in total. The summed E-state index contributed by atoms with van der Waals surface area (Å²) in [5.74, 6) is 1.91. The fourth-order valence-corrected chi connectivity index (χ4v) is 1.53. The van der Waals surface area contributed by atoms with Crippen LogP contribution in [0.15, 0.2) is 29.3 Å². The van der Waals surface area contributed by atoms with Crippen molar-refractivity contribution in [3.63, 3.8) is 0 Å². The minimum atomic E-state index is 0.801. The summed E-state index contributed by atoms with van der Waals surface area (Å²) in [4.78, 5) is 4.12. The van der Waals surface area contributed by atoms with Crippen LogP contribution in [0.2, 0.25) is 0 Å². The van der Waals surface area contributed by atoms with Gasteiger partial charge in [0.1, 0.15) is 12.4 Å². The molecule has 0 unspecified atom stereocenters. The van der Waals surface area contributed by atoms with E-state index in [9.17, 15) is 0 Å². The molecular formula is C14H21NO2. The molecule has 0 saturated heterocycles. The minimum Gasteiger partial charge on any atom is -0.496 e. The lowest BCUT2D eigenvalue weighted by Crippen LogP contribution is -1.96. The van der Waals surface area contributed by atoms with E-state index >= 15 is 0 Å². The fourth-order valence-electron chi connectivity index (χ4n) is 1.53. The zero-order chi connectivity index (χ0) is 12.5. The van der Waals surface area contributed by atoms with Crippen LogP contribution >= 0.6 is 0 Å². The van der Waals surface area contributed by atoms with Crippen molar-refractivity contribution in [1.29, 1.82) is 0 Å². The smallest absolute Gasteiger partial charge is 0.183 e. The fraction of sp³-hybridized carbons (Fsp3) is 0.500. The molecule has 0 spiro atoms. The number of aryl methyl sites for hydroxylation is 1. The standard InChI is InChI=1S/C8H10O.C6H11NO/c1-7-5-3-4-6-8(7)9-2;1-2-3-6-7-4-5-8-6/h3-6H,1-2H3;2-5H2,1H3. The maximum absolute atomic E-state index is 5.14. The molecule has 0 atom stereocenters. The molecule has 0 fully saturated rings. The van der Waals surface area contributed by atoms with Crippen LogP contribution in [0.25, 0.3) is 0 Å². The molecule has 0 amide bonds. The van der Waals surface area contributed by atoms with E-state index in [1.54, 1.807) is 7.11 Å². The molecule has 0 aliphatic carbocycles. The van der Waals surface area contributed by atoms with E-state index in [1.165, 1.54) is 5.56 Å². The van der Waals surface area contributed by atoms with Crippen molar-refractivity contribution in [3.05, 3.63) is 29.8 Å². The van der Waals surface area contributed by atoms with Gasteiger partial charge in [0.25, 0.3) is 0 Å². The van der Waals surface area contributed by atoms with E-state index in [1.807, 2.05) is 31.2 Å². The predicted molar refractivity (Wildman–Crippen MR) is 70.9 cm³/mol. The van der Waals surface area contributed by atoms with Gasteiger partial charge in [0.2, 0.25) is 0 Å². The van der Waals surface area contributed by atoms with Crippen molar-refractivity contribution in [2.45, 2.75) is 26.7 Å². The van der Waals surface area contributed by atoms with Crippen LogP contribution in [0.1, 0.15) is 25.3 Å². The van der Waals surface area contributed by atoms with Gasteiger partial charge in [-0.05, 0) is 25.0 Å². The molecule has 2 rings (SSSR count). The van der Waals surface area contributed by atoms with Crippen molar-refractivity contribution >= 4 is 5.90 Å². The Labute approximate surface area is 103 Å². The van der Waals surface area contributed by atoms with Gasteiger partial charge in [0.05, 0.1) is 13.7 Å². The average molecular weight is 235 g/mol. The van der Waals surface area contributed by atoms with Crippen LogP contribution < -0.4 is 4.74 Å². The van der Waals surface area contributed by atoms with Crippen LogP contribution in [0.3, 0.4) is 0 Å². The van der Waals surface area contributed by atoms with E-state index in [2.05, 4.69) is 11.9 Å². The van der Waals surface area contributed by atoms with Gasteiger partial charge in [0.15, 0.2) is 5.90 Å². The largest absolute Gasteiger partial charge is 0.496 e. The second-order valence-electron chi connectivity index (χ2n) is 3.84. The first kappa shape index (κ1) is 13.6. The zero-order valence-corrected chi connectivity index (χ0v) is 10.9. The summed E-state index contributed by atoms with van der Waals surface area (Å²) in [6.07, 6.45) is 2.15. The molecule has 0 radical (unpaired) electrons. The molecule has 3 heteroatoms. The zero-order valence-electron chi connectivity index (χ0n) is 10.9. The van der Waals surface area contributed by atoms with Crippen LogP contribution in [0, 0.1) is 6.92 Å². The number of benzene rings is 1. The third kappa shape index (κ3) is 4.89.